The Bertz CT molecular complexity index is 1340. The van der Waals surface area contributed by atoms with Crippen molar-refractivity contribution in [3.8, 4) is 29.0 Å². The molecule has 1 amide bonds. The third-order valence-electron chi connectivity index (χ3n) is 5.95. The Morgan fingerprint density at radius 3 is 2.84 bits per heavy atom. The van der Waals surface area contributed by atoms with Gasteiger partial charge in [0.1, 0.15) is 17.3 Å². The Morgan fingerprint density at radius 1 is 1.34 bits per heavy atom. The largest absolute Gasteiger partial charge is 0.491 e. The minimum absolute atomic E-state index is 0.0234. The molecule has 3 aromatic rings. The summed E-state index contributed by atoms with van der Waals surface area (Å²) in [6, 6.07) is 6.27. The normalized spacial score (nSPS) is 17.8. The van der Waals surface area contributed by atoms with Crippen molar-refractivity contribution in [3.63, 3.8) is 0 Å². The molecule has 1 aliphatic rings. The molecule has 2 aromatic heterocycles. The molecule has 0 spiro atoms. The summed E-state index contributed by atoms with van der Waals surface area (Å²) >= 11 is 0. The zero-order valence-electron chi connectivity index (χ0n) is 20.5. The lowest BCUT2D eigenvalue weighted by Crippen LogP contribution is -2.41. The van der Waals surface area contributed by atoms with Gasteiger partial charge in [0.25, 0.3) is 0 Å². The molecule has 0 radical (unpaired) electrons. The van der Waals surface area contributed by atoms with Crippen LogP contribution < -0.4 is 15.4 Å². The summed E-state index contributed by atoms with van der Waals surface area (Å²) in [6.45, 7) is 1.31. The number of nitrogens with one attached hydrogen (secondary N) is 3. The highest BCUT2D eigenvalue weighted by Crippen LogP contribution is 2.46. The molecular weight excluding hydrogens is 523 g/mol. The summed E-state index contributed by atoms with van der Waals surface area (Å²) in [5, 5.41) is 5.53. The number of hydrogen-bond donors (Lipinski definition) is 5. The molecule has 4 rings (SSSR count). The number of aromatic amines is 1. The predicted molar refractivity (Wildman–Crippen MR) is 139 cm³/mol. The molecule has 1 unspecified atom stereocenters. The van der Waals surface area contributed by atoms with Gasteiger partial charge in [-0.05, 0) is 37.1 Å². The summed E-state index contributed by atoms with van der Waals surface area (Å²) in [6.07, 6.45) is 0.727. The van der Waals surface area contributed by atoms with Crippen LogP contribution in [0, 0.1) is 11.8 Å². The fourth-order valence-electron chi connectivity index (χ4n) is 3.94. The lowest BCUT2D eigenvalue weighted by Gasteiger charge is -2.44. The molecule has 38 heavy (non-hydrogen) atoms. The number of carbonyl (C=O) groups excluding carboxylic acids is 1. The number of carbonyl (C=O) groups is 1. The number of nitrogens with zero attached hydrogens (tertiary/aromatic N) is 2. The number of anilines is 1. The highest BCUT2D eigenvalue weighted by molar-refractivity contribution is 8.24. The summed E-state index contributed by atoms with van der Waals surface area (Å²) in [5.74, 6) is 5.20. The zero-order valence-corrected chi connectivity index (χ0v) is 21.3. The number of aryl methyl sites for hydroxylation is 1. The Balaban J connectivity index is 1.49. The Kier molecular flexibility index (Phi) is 8.37. The van der Waals surface area contributed by atoms with Crippen molar-refractivity contribution in [3.05, 3.63) is 54.1 Å². The van der Waals surface area contributed by atoms with Gasteiger partial charge >= 0.3 is 12.1 Å². The van der Waals surface area contributed by atoms with Crippen LogP contribution in [-0.2, 0) is 18.0 Å². The van der Waals surface area contributed by atoms with Crippen LogP contribution in [0.25, 0.3) is 11.4 Å². The molecule has 1 saturated heterocycles. The third kappa shape index (κ3) is 7.11. The number of amides is 1. The lowest BCUT2D eigenvalue weighted by molar-refractivity contribution is -0.140. The molecule has 3 heterocycles. The first kappa shape index (κ1) is 27.6. The van der Waals surface area contributed by atoms with E-state index in [2.05, 4.69) is 32.4 Å². The molecular formula is C25H28F3N5O4S. The molecule has 0 saturated carbocycles. The third-order valence-corrected chi connectivity index (χ3v) is 8.22. The zero-order chi connectivity index (χ0) is 27.3. The average Bonchev–Trinajstić information content (AvgIpc) is 3.51. The van der Waals surface area contributed by atoms with Crippen molar-refractivity contribution in [1.29, 1.82) is 0 Å². The van der Waals surface area contributed by atoms with E-state index < -0.39 is 28.4 Å². The average molecular weight is 552 g/mol. The van der Waals surface area contributed by atoms with E-state index >= 15 is 0 Å². The van der Waals surface area contributed by atoms with Crippen LogP contribution in [0.15, 0.2) is 42.9 Å². The van der Waals surface area contributed by atoms with Crippen molar-refractivity contribution >= 4 is 22.2 Å². The van der Waals surface area contributed by atoms with Gasteiger partial charge in [-0.25, -0.2) is 4.98 Å². The maximum Gasteiger partial charge on any atom is 0.432 e. The number of aromatic nitrogens is 3. The number of rotatable bonds is 7. The van der Waals surface area contributed by atoms with Crippen molar-refractivity contribution in [2.45, 2.75) is 24.3 Å². The van der Waals surface area contributed by atoms with Gasteiger partial charge in [0.05, 0.1) is 29.5 Å². The van der Waals surface area contributed by atoms with E-state index in [1.54, 1.807) is 23.0 Å². The number of H-pyrrole nitrogens is 1. The molecule has 1 atom stereocenters. The topological polar surface area (TPSA) is 124 Å². The minimum Gasteiger partial charge on any atom is -0.491 e. The van der Waals surface area contributed by atoms with E-state index in [-0.39, 0.29) is 23.4 Å². The number of ether oxygens (including phenoxy) is 1. The molecule has 1 aliphatic heterocycles. The number of hydrogen-bond acceptors (Lipinski definition) is 6. The van der Waals surface area contributed by atoms with Crippen molar-refractivity contribution in [2.24, 2.45) is 7.05 Å². The van der Waals surface area contributed by atoms with E-state index in [9.17, 15) is 27.1 Å². The minimum atomic E-state index is -4.57. The summed E-state index contributed by atoms with van der Waals surface area (Å²) in [5.41, 5.74) is 0.173. The van der Waals surface area contributed by atoms with Gasteiger partial charge in [-0.3, -0.25) is 13.9 Å². The van der Waals surface area contributed by atoms with Gasteiger partial charge in [-0.2, -0.15) is 23.8 Å². The molecule has 204 valence electrons. The second-order valence-corrected chi connectivity index (χ2v) is 11.4. The Hall–Kier alpha value is -3.44. The van der Waals surface area contributed by atoms with E-state index in [4.69, 9.17) is 4.74 Å². The van der Waals surface area contributed by atoms with Crippen LogP contribution in [0.2, 0.25) is 0 Å². The predicted octanol–water partition coefficient (Wildman–Crippen LogP) is 4.31. The summed E-state index contributed by atoms with van der Waals surface area (Å²) in [7, 11) is -0.822. The maximum atomic E-state index is 13.0. The molecule has 9 nitrogen and oxygen atoms in total. The standard InChI is InChI=1S/C25H28F3N5O4S/c1-33-10-8-17(16-33)4-7-23(34)31-20-13-18(24-30-15-22(32-24)25(26,27)28)5-6-21(20)37-11-2-3-19-14-29-9-12-38(19,35)36/h5-6,8,10,13,15-16,19,29,35-36H,2-3,9,11-12,14H2,1H3,(H,30,32)(H,31,34). The van der Waals surface area contributed by atoms with Crippen LogP contribution in [0.5, 0.6) is 5.75 Å². The monoisotopic (exact) mass is 551 g/mol. The van der Waals surface area contributed by atoms with Gasteiger partial charge in [0.15, 0.2) is 0 Å². The van der Waals surface area contributed by atoms with Gasteiger partial charge in [0, 0.05) is 49.6 Å². The highest BCUT2D eigenvalue weighted by atomic mass is 32.3. The second-order valence-electron chi connectivity index (χ2n) is 8.86. The first-order chi connectivity index (χ1) is 18.0. The quantitative estimate of drug-likeness (QED) is 0.220. The number of benzene rings is 1. The first-order valence-electron chi connectivity index (χ1n) is 11.8. The number of imidazole rings is 1. The van der Waals surface area contributed by atoms with Gasteiger partial charge in [-0.1, -0.05) is 5.92 Å². The van der Waals surface area contributed by atoms with E-state index in [1.165, 1.54) is 18.2 Å². The first-order valence-corrected chi connectivity index (χ1v) is 13.6. The second kappa shape index (κ2) is 11.5. The van der Waals surface area contributed by atoms with Crippen molar-refractivity contribution < 1.29 is 31.8 Å². The van der Waals surface area contributed by atoms with E-state index in [0.717, 1.165) is 0 Å². The van der Waals surface area contributed by atoms with Gasteiger partial charge < -0.3 is 24.9 Å². The molecule has 5 N–H and O–H groups in total. The fourth-order valence-corrected chi connectivity index (χ4v) is 5.65. The van der Waals surface area contributed by atoms with Gasteiger partial charge in [0.2, 0.25) is 0 Å². The lowest BCUT2D eigenvalue weighted by atomic mass is 10.1. The van der Waals surface area contributed by atoms with Crippen LogP contribution in [0.3, 0.4) is 0 Å². The maximum absolute atomic E-state index is 13.0. The number of halogens is 3. The Labute approximate surface area is 219 Å². The molecule has 1 aromatic carbocycles. The van der Waals surface area contributed by atoms with Crippen LogP contribution in [0.4, 0.5) is 18.9 Å². The van der Waals surface area contributed by atoms with E-state index in [1.807, 2.05) is 7.05 Å². The van der Waals surface area contributed by atoms with Crippen molar-refractivity contribution in [2.75, 3.05) is 30.8 Å². The van der Waals surface area contributed by atoms with Crippen LogP contribution in [0.1, 0.15) is 24.1 Å². The number of alkyl halides is 3. The smallest absolute Gasteiger partial charge is 0.432 e. The fraction of sp³-hybridized carbons (Fsp3) is 0.360. The Morgan fingerprint density at radius 2 is 2.16 bits per heavy atom. The summed E-state index contributed by atoms with van der Waals surface area (Å²) < 4.78 is 67.2. The van der Waals surface area contributed by atoms with Crippen molar-refractivity contribution in [1.82, 2.24) is 19.9 Å². The van der Waals surface area contributed by atoms with E-state index in [0.29, 0.717) is 54.8 Å². The summed E-state index contributed by atoms with van der Waals surface area (Å²) in [4.78, 5) is 18.6. The highest BCUT2D eigenvalue weighted by Gasteiger charge is 2.33. The molecule has 0 aliphatic carbocycles. The molecule has 13 heteroatoms. The molecule has 0 bridgehead atoms. The molecule has 1 fully saturated rings. The van der Waals surface area contributed by atoms with Gasteiger partial charge in [-0.15, -0.1) is 0 Å². The van der Waals surface area contributed by atoms with Crippen LogP contribution in [-0.4, -0.2) is 60.2 Å². The van der Waals surface area contributed by atoms with Crippen LogP contribution >= 0.6 is 10.6 Å². The SMILES string of the molecule is Cn1ccc(C#CC(=O)Nc2cc(-c3ncc(C(F)(F)F)[nH]3)ccc2OCCCC2CNCCS2(O)O)c1.